The zero-order chi connectivity index (χ0) is 22.4. The lowest BCUT2D eigenvalue weighted by Crippen LogP contribution is -2.58. The molecule has 4 rings (SSSR count). The van der Waals surface area contributed by atoms with Gasteiger partial charge in [0.2, 0.25) is 5.91 Å². The molecule has 31 heavy (non-hydrogen) atoms. The molecule has 0 bridgehead atoms. The highest BCUT2D eigenvalue weighted by atomic mass is 16.4. The summed E-state index contributed by atoms with van der Waals surface area (Å²) in [6.45, 7) is 6.83. The van der Waals surface area contributed by atoms with E-state index in [4.69, 9.17) is 5.11 Å². The normalized spacial score (nSPS) is 45.2. The molecule has 7 unspecified atom stereocenters. The van der Waals surface area contributed by atoms with E-state index in [1.165, 1.54) is 44.9 Å². The average Bonchev–Trinajstić information content (AvgIpc) is 3.09. The van der Waals surface area contributed by atoms with Crippen molar-refractivity contribution in [2.75, 3.05) is 6.54 Å². The van der Waals surface area contributed by atoms with Gasteiger partial charge in [0.1, 0.15) is 6.54 Å². The minimum atomic E-state index is -1.01. The molecule has 3 N–H and O–H groups in total. The highest BCUT2D eigenvalue weighted by Gasteiger charge is 2.63. The number of carboxylic acid groups (broad SMARTS) is 1. The van der Waals surface area contributed by atoms with E-state index in [9.17, 15) is 14.7 Å². The van der Waals surface area contributed by atoms with Crippen molar-refractivity contribution in [1.82, 2.24) is 5.32 Å². The maximum Gasteiger partial charge on any atom is 0.322 e. The zero-order valence-electron chi connectivity index (χ0n) is 19.7. The van der Waals surface area contributed by atoms with Crippen LogP contribution in [0.4, 0.5) is 0 Å². The van der Waals surface area contributed by atoms with E-state index in [-0.39, 0.29) is 24.0 Å². The third-order valence-electron chi connectivity index (χ3n) is 10.7. The van der Waals surface area contributed by atoms with Crippen LogP contribution in [-0.4, -0.2) is 34.7 Å². The van der Waals surface area contributed by atoms with Crippen LogP contribution in [0.2, 0.25) is 0 Å². The predicted octanol–water partition coefficient (Wildman–Crippen LogP) is 4.62. The Morgan fingerprint density at radius 3 is 2.58 bits per heavy atom. The van der Waals surface area contributed by atoms with Gasteiger partial charge in [-0.05, 0) is 97.7 Å². The van der Waals surface area contributed by atoms with Gasteiger partial charge >= 0.3 is 5.97 Å². The highest BCUT2D eigenvalue weighted by molar-refractivity contribution is 5.81. The van der Waals surface area contributed by atoms with Crippen LogP contribution in [0.3, 0.4) is 0 Å². The SMILES string of the molecule is C[C@H](CCC(=O)NCC(=O)O)C1CCC2C3CCC4CCCCC4(C)C3C[C@H](O)C21C. The summed E-state index contributed by atoms with van der Waals surface area (Å²) in [4.78, 5) is 22.7. The lowest BCUT2D eigenvalue weighted by atomic mass is 9.44. The largest absolute Gasteiger partial charge is 0.480 e. The molecule has 0 aromatic carbocycles. The number of hydrogen-bond acceptors (Lipinski definition) is 3. The van der Waals surface area contributed by atoms with Gasteiger partial charge in [-0.1, -0.05) is 33.6 Å². The molecule has 0 aromatic rings. The second-order valence-corrected chi connectivity index (χ2v) is 11.9. The summed E-state index contributed by atoms with van der Waals surface area (Å²) in [7, 11) is 0. The number of rotatable bonds is 6. The van der Waals surface area contributed by atoms with E-state index >= 15 is 0 Å². The number of amides is 1. The van der Waals surface area contributed by atoms with Gasteiger partial charge in [-0.2, -0.15) is 0 Å². The summed E-state index contributed by atoms with van der Waals surface area (Å²) in [5.74, 6) is 2.51. The summed E-state index contributed by atoms with van der Waals surface area (Å²) in [5, 5.41) is 22.8. The van der Waals surface area contributed by atoms with E-state index in [0.717, 1.165) is 31.1 Å². The standard InChI is InChI=1S/C26H43NO4/c1-16(7-12-23(29)27-15-24(30)31)19-10-11-20-18-9-8-17-6-4-5-13-25(17,2)21(18)14-22(28)26(19,20)3/h16-22,28H,4-15H2,1-3H3,(H,27,29)(H,30,31)/t16-,17?,18?,19?,20?,21?,22+,25?,26?/m1/s1. The molecule has 0 spiro atoms. The molecule has 4 fully saturated rings. The first-order valence-corrected chi connectivity index (χ1v) is 12.8. The van der Waals surface area contributed by atoms with Crippen molar-refractivity contribution in [1.29, 1.82) is 0 Å². The number of fused-ring (bicyclic) bond motifs is 5. The molecule has 4 aliphatic rings. The highest BCUT2D eigenvalue weighted by Crippen LogP contribution is 2.68. The van der Waals surface area contributed by atoms with Crippen molar-refractivity contribution in [3.8, 4) is 0 Å². The smallest absolute Gasteiger partial charge is 0.322 e. The number of aliphatic carboxylic acids is 1. The van der Waals surface area contributed by atoms with Gasteiger partial charge in [-0.3, -0.25) is 9.59 Å². The quantitative estimate of drug-likeness (QED) is 0.570. The van der Waals surface area contributed by atoms with Gasteiger partial charge < -0.3 is 15.5 Å². The molecule has 5 heteroatoms. The maximum absolute atomic E-state index is 12.0. The summed E-state index contributed by atoms with van der Waals surface area (Å²) < 4.78 is 0. The summed E-state index contributed by atoms with van der Waals surface area (Å²) in [5.41, 5.74) is 0.380. The Bertz CT molecular complexity index is 695. The molecule has 0 radical (unpaired) electrons. The second kappa shape index (κ2) is 8.68. The van der Waals surface area contributed by atoms with Crippen LogP contribution in [0.5, 0.6) is 0 Å². The van der Waals surface area contributed by atoms with Gasteiger partial charge in [0.25, 0.3) is 0 Å². The van der Waals surface area contributed by atoms with Crippen molar-refractivity contribution < 1.29 is 19.8 Å². The van der Waals surface area contributed by atoms with E-state index in [2.05, 4.69) is 26.1 Å². The van der Waals surface area contributed by atoms with Gasteiger partial charge in [0.15, 0.2) is 0 Å². The molecule has 9 atom stereocenters. The lowest BCUT2D eigenvalue weighted by molar-refractivity contribution is -0.168. The fraction of sp³-hybridized carbons (Fsp3) is 0.923. The number of hydrogen-bond donors (Lipinski definition) is 3. The topological polar surface area (TPSA) is 86.6 Å². The van der Waals surface area contributed by atoms with E-state index in [1.54, 1.807) is 0 Å². The van der Waals surface area contributed by atoms with E-state index in [0.29, 0.717) is 35.5 Å². The fourth-order valence-corrected chi connectivity index (χ4v) is 9.04. The van der Waals surface area contributed by atoms with Gasteiger partial charge in [-0.25, -0.2) is 0 Å². The molecule has 4 saturated carbocycles. The number of carboxylic acids is 1. The Kier molecular flexibility index (Phi) is 6.46. The summed E-state index contributed by atoms with van der Waals surface area (Å²) in [6.07, 6.45) is 12.4. The number of carbonyl (C=O) groups excluding carboxylic acids is 1. The van der Waals surface area contributed by atoms with E-state index < -0.39 is 5.97 Å². The van der Waals surface area contributed by atoms with Crippen molar-refractivity contribution in [3.63, 3.8) is 0 Å². The first-order valence-electron chi connectivity index (χ1n) is 12.8. The fourth-order valence-electron chi connectivity index (χ4n) is 9.04. The Morgan fingerprint density at radius 2 is 1.84 bits per heavy atom. The molecule has 0 saturated heterocycles. The van der Waals surface area contributed by atoms with Crippen LogP contribution in [-0.2, 0) is 9.59 Å². The maximum atomic E-state index is 12.0. The predicted molar refractivity (Wildman–Crippen MR) is 120 cm³/mol. The molecular weight excluding hydrogens is 390 g/mol. The van der Waals surface area contributed by atoms with Crippen LogP contribution < -0.4 is 5.32 Å². The molecule has 1 amide bonds. The molecule has 5 nitrogen and oxygen atoms in total. The van der Waals surface area contributed by atoms with Gasteiger partial charge in [0.05, 0.1) is 6.10 Å². The van der Waals surface area contributed by atoms with Crippen molar-refractivity contribution in [3.05, 3.63) is 0 Å². The minimum absolute atomic E-state index is 0.0456. The van der Waals surface area contributed by atoms with Crippen LogP contribution in [0.25, 0.3) is 0 Å². The molecule has 0 aromatic heterocycles. The Labute approximate surface area is 187 Å². The molecule has 0 heterocycles. The number of carbonyl (C=O) groups is 2. The van der Waals surface area contributed by atoms with Crippen LogP contribution in [0.1, 0.15) is 91.4 Å². The number of aliphatic hydroxyl groups excluding tert-OH is 1. The summed E-state index contributed by atoms with van der Waals surface area (Å²) in [6, 6.07) is 0. The Balaban J connectivity index is 1.45. The third-order valence-corrected chi connectivity index (χ3v) is 10.7. The monoisotopic (exact) mass is 433 g/mol. The van der Waals surface area contributed by atoms with Gasteiger partial charge in [-0.15, -0.1) is 0 Å². The Morgan fingerprint density at radius 1 is 1.06 bits per heavy atom. The Hall–Kier alpha value is -1.10. The van der Waals surface area contributed by atoms with E-state index in [1.807, 2.05) is 0 Å². The lowest BCUT2D eigenvalue weighted by Gasteiger charge is -2.62. The molecular formula is C26H43NO4. The average molecular weight is 434 g/mol. The molecule has 176 valence electrons. The molecule has 4 aliphatic carbocycles. The minimum Gasteiger partial charge on any atom is -0.480 e. The van der Waals surface area contributed by atoms with Crippen LogP contribution in [0, 0.1) is 46.3 Å². The number of aliphatic hydroxyl groups is 1. The van der Waals surface area contributed by atoms with Crippen molar-refractivity contribution in [2.45, 2.75) is 97.5 Å². The van der Waals surface area contributed by atoms with Crippen LogP contribution in [0.15, 0.2) is 0 Å². The van der Waals surface area contributed by atoms with Gasteiger partial charge in [0, 0.05) is 6.42 Å². The van der Waals surface area contributed by atoms with Crippen molar-refractivity contribution >= 4 is 11.9 Å². The first-order chi connectivity index (χ1) is 14.7. The number of nitrogens with one attached hydrogen (secondary N) is 1. The van der Waals surface area contributed by atoms with Crippen molar-refractivity contribution in [2.24, 2.45) is 46.3 Å². The van der Waals surface area contributed by atoms with Crippen LogP contribution >= 0.6 is 0 Å². The molecule has 0 aliphatic heterocycles. The zero-order valence-corrected chi connectivity index (χ0v) is 19.7. The third kappa shape index (κ3) is 3.94. The second-order valence-electron chi connectivity index (χ2n) is 11.9. The summed E-state index contributed by atoms with van der Waals surface area (Å²) >= 11 is 0. The first kappa shape index (κ1) is 23.1.